The molecule has 0 aliphatic rings. The maximum atomic E-state index is 13.3. The fourth-order valence-electron chi connectivity index (χ4n) is 3.02. The monoisotopic (exact) mass is 489 g/mol. The van der Waals surface area contributed by atoms with Crippen LogP contribution in [-0.4, -0.2) is 34.6 Å². The van der Waals surface area contributed by atoms with Crippen LogP contribution in [0.15, 0.2) is 47.4 Å². The number of H-pyrrole nitrogens is 1. The first kappa shape index (κ1) is 22.4. The molecule has 1 aromatic carbocycles. The van der Waals surface area contributed by atoms with Crippen LogP contribution in [0, 0.1) is 11.3 Å². The lowest BCUT2D eigenvalue weighted by atomic mass is 10.2. The van der Waals surface area contributed by atoms with Crippen molar-refractivity contribution in [3.63, 3.8) is 0 Å². The molecule has 4 rings (SSSR count). The SMILES string of the molecule is CS(=O)(=O)c1cc(Cl)ccc1Nc1cc(Nc2cccc(C#N)n2)nc2[nH]c(C(F)F)nc12. The summed E-state index contributed by atoms with van der Waals surface area (Å²) in [6.07, 6.45) is -1.85. The molecule has 0 unspecified atom stereocenters. The summed E-state index contributed by atoms with van der Waals surface area (Å²) >= 11 is 5.96. The molecule has 0 aliphatic heterocycles. The summed E-state index contributed by atoms with van der Waals surface area (Å²) in [5.74, 6) is -0.113. The summed E-state index contributed by atoms with van der Waals surface area (Å²) < 4.78 is 51.0. The fourth-order valence-corrected chi connectivity index (χ4v) is 4.12. The average molecular weight is 490 g/mol. The largest absolute Gasteiger partial charge is 0.352 e. The third-order valence-corrected chi connectivity index (χ3v) is 5.78. The summed E-state index contributed by atoms with van der Waals surface area (Å²) in [5, 5.41) is 15.1. The van der Waals surface area contributed by atoms with E-state index in [2.05, 4.69) is 30.6 Å². The van der Waals surface area contributed by atoms with Crippen molar-refractivity contribution in [2.75, 3.05) is 16.9 Å². The van der Waals surface area contributed by atoms with Crippen LogP contribution in [-0.2, 0) is 9.84 Å². The van der Waals surface area contributed by atoms with Crippen LogP contribution in [0.4, 0.5) is 31.8 Å². The van der Waals surface area contributed by atoms with Crippen molar-refractivity contribution in [1.82, 2.24) is 19.9 Å². The second-order valence-electron chi connectivity index (χ2n) is 6.86. The first-order chi connectivity index (χ1) is 15.6. The van der Waals surface area contributed by atoms with E-state index < -0.39 is 22.1 Å². The number of hydrogen-bond acceptors (Lipinski definition) is 8. The van der Waals surface area contributed by atoms with Crippen molar-refractivity contribution in [2.45, 2.75) is 11.3 Å². The number of alkyl halides is 2. The van der Waals surface area contributed by atoms with Gasteiger partial charge in [-0.2, -0.15) is 5.26 Å². The lowest BCUT2D eigenvalue weighted by Gasteiger charge is -2.13. The molecule has 0 fully saturated rings. The highest BCUT2D eigenvalue weighted by Gasteiger charge is 2.20. The molecule has 3 N–H and O–H groups in total. The van der Waals surface area contributed by atoms with Gasteiger partial charge in [-0.1, -0.05) is 17.7 Å². The average Bonchev–Trinajstić information content (AvgIpc) is 3.19. The van der Waals surface area contributed by atoms with E-state index in [-0.39, 0.29) is 44.0 Å². The number of rotatable bonds is 6. The number of pyridine rings is 2. The summed E-state index contributed by atoms with van der Waals surface area (Å²) in [4.78, 5) is 14.6. The Morgan fingerprint density at radius 1 is 1.06 bits per heavy atom. The number of hydrogen-bond donors (Lipinski definition) is 3. The molecular weight excluding hydrogens is 476 g/mol. The van der Waals surface area contributed by atoms with Crippen LogP contribution in [0.2, 0.25) is 5.02 Å². The Kier molecular flexibility index (Phi) is 5.84. The molecule has 0 spiro atoms. The van der Waals surface area contributed by atoms with Crippen LogP contribution in [0.1, 0.15) is 17.9 Å². The number of benzene rings is 1. The number of aromatic amines is 1. The van der Waals surface area contributed by atoms with Crippen molar-refractivity contribution in [3.05, 3.63) is 59.0 Å². The highest BCUT2D eigenvalue weighted by atomic mass is 35.5. The van der Waals surface area contributed by atoms with Crippen LogP contribution < -0.4 is 10.6 Å². The molecule has 3 aromatic heterocycles. The summed E-state index contributed by atoms with van der Waals surface area (Å²) in [7, 11) is -3.67. The summed E-state index contributed by atoms with van der Waals surface area (Å²) in [6.45, 7) is 0. The molecule has 168 valence electrons. The Morgan fingerprint density at radius 2 is 1.85 bits per heavy atom. The van der Waals surface area contributed by atoms with E-state index in [9.17, 15) is 17.2 Å². The van der Waals surface area contributed by atoms with Crippen LogP contribution >= 0.6 is 11.6 Å². The van der Waals surface area contributed by atoms with Gasteiger partial charge in [-0.05, 0) is 30.3 Å². The molecule has 0 amide bonds. The number of nitriles is 1. The van der Waals surface area contributed by atoms with E-state index in [4.69, 9.17) is 16.9 Å². The molecule has 4 aromatic rings. The molecule has 0 bridgehead atoms. The highest BCUT2D eigenvalue weighted by molar-refractivity contribution is 7.90. The van der Waals surface area contributed by atoms with Gasteiger partial charge in [0, 0.05) is 17.3 Å². The molecule has 0 atom stereocenters. The zero-order valence-corrected chi connectivity index (χ0v) is 18.3. The number of aromatic nitrogens is 4. The van der Waals surface area contributed by atoms with Crippen molar-refractivity contribution >= 4 is 55.6 Å². The summed E-state index contributed by atoms with van der Waals surface area (Å²) in [6, 6.07) is 12.3. The molecule has 13 heteroatoms. The maximum absolute atomic E-state index is 13.3. The van der Waals surface area contributed by atoms with Crippen molar-refractivity contribution in [2.24, 2.45) is 0 Å². The van der Waals surface area contributed by atoms with Crippen LogP contribution in [0.25, 0.3) is 11.2 Å². The number of nitrogens with zero attached hydrogens (tertiary/aromatic N) is 4. The molecule has 3 heterocycles. The van der Waals surface area contributed by atoms with Crippen molar-refractivity contribution in [3.8, 4) is 6.07 Å². The Labute approximate surface area is 191 Å². The third kappa shape index (κ3) is 4.84. The predicted molar refractivity (Wildman–Crippen MR) is 119 cm³/mol. The van der Waals surface area contributed by atoms with Gasteiger partial charge in [0.2, 0.25) is 0 Å². The normalized spacial score (nSPS) is 11.5. The van der Waals surface area contributed by atoms with E-state index in [1.165, 1.54) is 30.3 Å². The van der Waals surface area contributed by atoms with Gasteiger partial charge in [0.1, 0.15) is 28.9 Å². The number of halogens is 3. The standard InChI is InChI=1S/C20H14ClF2N7O2S/c1-33(31,32)14-7-10(21)5-6-12(14)26-13-8-16(27-15-4-2-3-11(9-24)25-15)28-19-17(13)29-20(30-19)18(22)23/h2-8,18H,1H3,(H3,25,26,27,28,29,30). The molecular formula is C20H14ClF2N7O2S. The van der Waals surface area contributed by atoms with E-state index in [0.717, 1.165) is 6.26 Å². The van der Waals surface area contributed by atoms with Gasteiger partial charge >= 0.3 is 0 Å². The Balaban J connectivity index is 1.84. The topological polar surface area (TPSA) is 136 Å². The van der Waals surface area contributed by atoms with E-state index in [1.807, 2.05) is 6.07 Å². The minimum absolute atomic E-state index is 0.0316. The summed E-state index contributed by atoms with van der Waals surface area (Å²) in [5.41, 5.74) is 0.647. The van der Waals surface area contributed by atoms with Gasteiger partial charge in [0.15, 0.2) is 21.3 Å². The van der Waals surface area contributed by atoms with Crippen LogP contribution in [0.5, 0.6) is 0 Å². The Hall–Kier alpha value is -3.82. The maximum Gasteiger partial charge on any atom is 0.295 e. The number of anilines is 4. The van der Waals surface area contributed by atoms with Gasteiger partial charge in [0.25, 0.3) is 6.43 Å². The highest BCUT2D eigenvalue weighted by Crippen LogP contribution is 2.33. The van der Waals surface area contributed by atoms with E-state index in [0.29, 0.717) is 5.82 Å². The van der Waals surface area contributed by atoms with Crippen molar-refractivity contribution in [1.29, 1.82) is 5.26 Å². The first-order valence-electron chi connectivity index (χ1n) is 9.23. The minimum Gasteiger partial charge on any atom is -0.352 e. The van der Waals surface area contributed by atoms with Gasteiger partial charge in [-0.15, -0.1) is 0 Å². The smallest absolute Gasteiger partial charge is 0.295 e. The van der Waals surface area contributed by atoms with E-state index >= 15 is 0 Å². The molecule has 0 saturated carbocycles. The predicted octanol–water partition coefficient (Wildman–Crippen LogP) is 4.71. The fraction of sp³-hybridized carbons (Fsp3) is 0.100. The van der Waals surface area contributed by atoms with Crippen LogP contribution in [0.3, 0.4) is 0 Å². The Bertz CT molecular complexity index is 1520. The molecule has 33 heavy (non-hydrogen) atoms. The van der Waals surface area contributed by atoms with E-state index in [1.54, 1.807) is 12.1 Å². The molecule has 0 saturated heterocycles. The van der Waals surface area contributed by atoms with Gasteiger partial charge in [-0.3, -0.25) is 0 Å². The van der Waals surface area contributed by atoms with Gasteiger partial charge < -0.3 is 15.6 Å². The molecule has 0 radical (unpaired) electrons. The molecule has 9 nitrogen and oxygen atoms in total. The second kappa shape index (κ2) is 8.61. The quantitative estimate of drug-likeness (QED) is 0.354. The second-order valence-corrected chi connectivity index (χ2v) is 9.28. The lowest BCUT2D eigenvalue weighted by Crippen LogP contribution is -2.04. The number of imidazole rings is 1. The molecule has 0 aliphatic carbocycles. The van der Waals surface area contributed by atoms with Gasteiger partial charge in [-0.25, -0.2) is 32.2 Å². The number of nitrogens with one attached hydrogen (secondary N) is 3. The minimum atomic E-state index is -3.67. The van der Waals surface area contributed by atoms with Gasteiger partial charge in [0.05, 0.1) is 16.3 Å². The zero-order valence-electron chi connectivity index (χ0n) is 16.8. The number of sulfone groups is 1. The van der Waals surface area contributed by atoms with Crippen molar-refractivity contribution < 1.29 is 17.2 Å². The zero-order chi connectivity index (χ0) is 23.8. The number of fused-ring (bicyclic) bond motifs is 1. The Morgan fingerprint density at radius 3 is 2.55 bits per heavy atom. The lowest BCUT2D eigenvalue weighted by molar-refractivity contribution is 0.142. The third-order valence-electron chi connectivity index (χ3n) is 4.41. The first-order valence-corrected chi connectivity index (χ1v) is 11.5.